The van der Waals surface area contributed by atoms with E-state index in [0.29, 0.717) is 0 Å². The molecule has 2 N–H and O–H groups in total. The Hall–Kier alpha value is -1.71. The molecule has 2 heterocycles. The van der Waals surface area contributed by atoms with Gasteiger partial charge in [0.05, 0.1) is 12.6 Å². The normalized spacial score (nSPS) is 19.8. The first-order valence-corrected chi connectivity index (χ1v) is 6.62. The van der Waals surface area contributed by atoms with Gasteiger partial charge < -0.3 is 10.5 Å². The fourth-order valence-electron chi connectivity index (χ4n) is 2.66. The third kappa shape index (κ3) is 2.39. The summed E-state index contributed by atoms with van der Waals surface area (Å²) in [6, 6.07) is 10.3. The topological polar surface area (TPSA) is 48.1 Å². The Labute approximate surface area is 113 Å². The molecular formula is C16H18N2O. The van der Waals surface area contributed by atoms with E-state index in [1.54, 1.807) is 0 Å². The van der Waals surface area contributed by atoms with E-state index >= 15 is 0 Å². The Kier molecular flexibility index (Phi) is 3.32. The summed E-state index contributed by atoms with van der Waals surface area (Å²) in [5.74, 6) is 0. The SMILES string of the molecule is Cc1cncc(C(N)C2OCCc3ccccc32)c1. The van der Waals surface area contributed by atoms with Crippen molar-refractivity contribution in [1.29, 1.82) is 0 Å². The molecule has 2 unspecified atom stereocenters. The van der Waals surface area contributed by atoms with Gasteiger partial charge in [0.25, 0.3) is 0 Å². The Balaban J connectivity index is 1.95. The van der Waals surface area contributed by atoms with Crippen molar-refractivity contribution >= 4 is 0 Å². The summed E-state index contributed by atoms with van der Waals surface area (Å²) in [7, 11) is 0. The molecule has 0 amide bonds. The third-order valence-corrected chi connectivity index (χ3v) is 3.64. The maximum absolute atomic E-state index is 6.39. The molecule has 0 bridgehead atoms. The van der Waals surface area contributed by atoms with Crippen LogP contribution in [0.1, 0.15) is 34.4 Å². The minimum atomic E-state index is -0.172. The van der Waals surface area contributed by atoms with E-state index < -0.39 is 0 Å². The summed E-state index contributed by atoms with van der Waals surface area (Å²) >= 11 is 0. The minimum absolute atomic E-state index is 0.0754. The number of rotatable bonds is 2. The summed E-state index contributed by atoms with van der Waals surface area (Å²) in [4.78, 5) is 4.22. The van der Waals surface area contributed by atoms with Crippen LogP contribution in [0.25, 0.3) is 0 Å². The lowest BCUT2D eigenvalue weighted by Gasteiger charge is -2.30. The summed E-state index contributed by atoms with van der Waals surface area (Å²) in [5.41, 5.74) is 11.1. The number of aromatic nitrogens is 1. The molecule has 0 spiro atoms. The number of fused-ring (bicyclic) bond motifs is 1. The largest absolute Gasteiger partial charge is 0.371 e. The van der Waals surface area contributed by atoms with Gasteiger partial charge in [-0.05, 0) is 35.6 Å². The number of pyridine rings is 1. The number of aryl methyl sites for hydroxylation is 1. The van der Waals surface area contributed by atoms with Crippen molar-refractivity contribution in [3.63, 3.8) is 0 Å². The van der Waals surface area contributed by atoms with E-state index in [4.69, 9.17) is 10.5 Å². The fourth-order valence-corrected chi connectivity index (χ4v) is 2.66. The number of hydrogen-bond donors (Lipinski definition) is 1. The predicted molar refractivity (Wildman–Crippen MR) is 74.7 cm³/mol. The number of ether oxygens (including phenoxy) is 1. The van der Waals surface area contributed by atoms with Gasteiger partial charge in [0.15, 0.2) is 0 Å². The van der Waals surface area contributed by atoms with Crippen molar-refractivity contribution in [3.05, 3.63) is 65.0 Å². The highest BCUT2D eigenvalue weighted by Crippen LogP contribution is 2.35. The molecule has 98 valence electrons. The van der Waals surface area contributed by atoms with Crippen molar-refractivity contribution < 1.29 is 4.74 Å². The molecule has 0 radical (unpaired) electrons. The van der Waals surface area contributed by atoms with E-state index in [0.717, 1.165) is 24.2 Å². The molecule has 2 atom stereocenters. The highest BCUT2D eigenvalue weighted by Gasteiger charge is 2.27. The lowest BCUT2D eigenvalue weighted by Crippen LogP contribution is -2.27. The molecule has 1 aliphatic heterocycles. The van der Waals surface area contributed by atoms with E-state index in [-0.39, 0.29) is 12.1 Å². The second-order valence-corrected chi connectivity index (χ2v) is 5.06. The quantitative estimate of drug-likeness (QED) is 0.896. The van der Waals surface area contributed by atoms with Gasteiger partial charge in [0, 0.05) is 12.4 Å². The zero-order valence-electron chi connectivity index (χ0n) is 11.0. The lowest BCUT2D eigenvalue weighted by atomic mass is 9.90. The lowest BCUT2D eigenvalue weighted by molar-refractivity contribution is 0.0240. The molecule has 3 rings (SSSR count). The van der Waals surface area contributed by atoms with Gasteiger partial charge in [-0.2, -0.15) is 0 Å². The second-order valence-electron chi connectivity index (χ2n) is 5.06. The van der Waals surface area contributed by atoms with E-state index in [2.05, 4.69) is 29.2 Å². The van der Waals surface area contributed by atoms with Crippen LogP contribution < -0.4 is 5.73 Å². The molecule has 0 aliphatic carbocycles. The van der Waals surface area contributed by atoms with Crippen molar-refractivity contribution in [2.24, 2.45) is 5.73 Å². The maximum Gasteiger partial charge on any atom is 0.102 e. The third-order valence-electron chi connectivity index (χ3n) is 3.64. The molecule has 19 heavy (non-hydrogen) atoms. The van der Waals surface area contributed by atoms with Crippen LogP contribution in [0.3, 0.4) is 0 Å². The summed E-state index contributed by atoms with van der Waals surface area (Å²) < 4.78 is 5.91. The van der Waals surface area contributed by atoms with Crippen LogP contribution in [0.4, 0.5) is 0 Å². The van der Waals surface area contributed by atoms with Crippen LogP contribution in [0.2, 0.25) is 0 Å². The summed E-state index contributed by atoms with van der Waals surface area (Å²) in [6.45, 7) is 2.76. The zero-order chi connectivity index (χ0) is 13.2. The molecule has 0 saturated heterocycles. The molecule has 1 aliphatic rings. The van der Waals surface area contributed by atoms with Gasteiger partial charge in [-0.3, -0.25) is 4.98 Å². The molecule has 0 saturated carbocycles. The van der Waals surface area contributed by atoms with Crippen LogP contribution in [-0.2, 0) is 11.2 Å². The number of hydrogen-bond acceptors (Lipinski definition) is 3. The van der Waals surface area contributed by atoms with E-state index in [9.17, 15) is 0 Å². The molecule has 1 aromatic carbocycles. The van der Waals surface area contributed by atoms with Crippen LogP contribution in [0.5, 0.6) is 0 Å². The van der Waals surface area contributed by atoms with Gasteiger partial charge in [-0.1, -0.05) is 30.3 Å². The Bertz CT molecular complexity index is 582. The van der Waals surface area contributed by atoms with E-state index in [1.165, 1.54) is 11.1 Å². The van der Waals surface area contributed by atoms with E-state index in [1.807, 2.05) is 25.4 Å². The number of benzene rings is 1. The minimum Gasteiger partial charge on any atom is -0.371 e. The standard InChI is InChI=1S/C16H18N2O/c1-11-8-13(10-18-9-11)15(17)16-14-5-3-2-4-12(14)6-7-19-16/h2-5,8-10,15-16H,6-7,17H2,1H3. The van der Waals surface area contributed by atoms with Gasteiger partial charge in [-0.25, -0.2) is 0 Å². The first-order chi connectivity index (χ1) is 9.25. The van der Waals surface area contributed by atoms with Crippen molar-refractivity contribution in [2.75, 3.05) is 6.61 Å². The Morgan fingerprint density at radius 3 is 3.00 bits per heavy atom. The number of nitrogens with two attached hydrogens (primary N) is 1. The first kappa shape index (κ1) is 12.3. The average molecular weight is 254 g/mol. The summed E-state index contributed by atoms with van der Waals surface area (Å²) in [5, 5.41) is 0. The zero-order valence-corrected chi connectivity index (χ0v) is 11.0. The highest BCUT2D eigenvalue weighted by molar-refractivity contribution is 5.34. The van der Waals surface area contributed by atoms with Gasteiger partial charge >= 0.3 is 0 Å². The van der Waals surface area contributed by atoms with Crippen molar-refractivity contribution in [3.8, 4) is 0 Å². The van der Waals surface area contributed by atoms with Crippen LogP contribution in [0.15, 0.2) is 42.7 Å². The predicted octanol–water partition coefficient (Wildman–Crippen LogP) is 2.70. The van der Waals surface area contributed by atoms with Crippen LogP contribution in [0, 0.1) is 6.92 Å². The Morgan fingerprint density at radius 1 is 1.32 bits per heavy atom. The van der Waals surface area contributed by atoms with Gasteiger partial charge in [0.2, 0.25) is 0 Å². The molecule has 3 heteroatoms. The molecule has 2 aromatic rings. The Morgan fingerprint density at radius 2 is 2.16 bits per heavy atom. The maximum atomic E-state index is 6.39. The van der Waals surface area contributed by atoms with Gasteiger partial charge in [0.1, 0.15) is 6.10 Å². The monoisotopic (exact) mass is 254 g/mol. The summed E-state index contributed by atoms with van der Waals surface area (Å²) in [6.07, 6.45) is 4.56. The number of nitrogens with zero attached hydrogens (tertiary/aromatic N) is 1. The first-order valence-electron chi connectivity index (χ1n) is 6.62. The molecular weight excluding hydrogens is 236 g/mol. The fraction of sp³-hybridized carbons (Fsp3) is 0.312. The van der Waals surface area contributed by atoms with Gasteiger partial charge in [-0.15, -0.1) is 0 Å². The van der Waals surface area contributed by atoms with Crippen LogP contribution in [-0.4, -0.2) is 11.6 Å². The smallest absolute Gasteiger partial charge is 0.102 e. The second kappa shape index (κ2) is 5.11. The van der Waals surface area contributed by atoms with Crippen molar-refractivity contribution in [2.45, 2.75) is 25.5 Å². The molecule has 0 fully saturated rings. The average Bonchev–Trinajstić information content (AvgIpc) is 2.46. The molecule has 3 nitrogen and oxygen atoms in total. The molecule has 1 aromatic heterocycles. The van der Waals surface area contributed by atoms with Crippen molar-refractivity contribution in [1.82, 2.24) is 4.98 Å². The highest BCUT2D eigenvalue weighted by atomic mass is 16.5. The van der Waals surface area contributed by atoms with Crippen LogP contribution >= 0.6 is 0 Å².